The summed E-state index contributed by atoms with van der Waals surface area (Å²) in [6.07, 6.45) is 0.0775. The van der Waals surface area contributed by atoms with Crippen LogP contribution in [0.3, 0.4) is 0 Å². The number of hydrogen-bond acceptors (Lipinski definition) is 3. The van der Waals surface area contributed by atoms with Crippen molar-refractivity contribution >= 4 is 24.3 Å². The number of carbonyl (C=O) groups is 2. The van der Waals surface area contributed by atoms with Crippen LogP contribution in [0.25, 0.3) is 0 Å². The van der Waals surface area contributed by atoms with Crippen LogP contribution in [0, 0.1) is 11.3 Å². The molecule has 0 bridgehead atoms. The van der Waals surface area contributed by atoms with Gasteiger partial charge in [-0.1, -0.05) is 20.8 Å². The van der Waals surface area contributed by atoms with Crippen LogP contribution in [0.5, 0.6) is 0 Å². The summed E-state index contributed by atoms with van der Waals surface area (Å²) in [6.45, 7) is 5.49. The van der Waals surface area contributed by atoms with E-state index in [0.29, 0.717) is 0 Å². The summed E-state index contributed by atoms with van der Waals surface area (Å²) in [5, 5.41) is 8.60. The number of carbonyl (C=O) groups excluding carboxylic acids is 1. The number of primary amides is 1. The van der Waals surface area contributed by atoms with Crippen molar-refractivity contribution in [1.82, 2.24) is 0 Å². The molecule has 0 aromatic carbocycles. The molecule has 0 saturated carbocycles. The minimum atomic E-state index is -1.11. The van der Waals surface area contributed by atoms with Gasteiger partial charge in [0.1, 0.15) is 6.04 Å². The van der Waals surface area contributed by atoms with E-state index in [9.17, 15) is 9.59 Å². The predicted molar refractivity (Wildman–Crippen MR) is 59.6 cm³/mol. The quantitative estimate of drug-likeness (QED) is 0.657. The number of rotatable bonds is 4. The maximum atomic E-state index is 11.1. The fourth-order valence-corrected chi connectivity index (χ4v) is 1.25. The minimum absolute atomic E-state index is 0. The summed E-state index contributed by atoms with van der Waals surface area (Å²) in [6, 6.07) is -1.04. The fraction of sp³-hybridized carbons (Fsp3) is 0.778. The molecule has 15 heavy (non-hydrogen) atoms. The summed E-state index contributed by atoms with van der Waals surface area (Å²) in [7, 11) is 0. The van der Waals surface area contributed by atoms with Crippen LogP contribution in [-0.4, -0.2) is 23.0 Å². The summed E-state index contributed by atoms with van der Waals surface area (Å²) in [5.41, 5.74) is 10.2. The number of halogens is 1. The number of aliphatic carboxylic acids is 1. The van der Waals surface area contributed by atoms with Gasteiger partial charge in [-0.2, -0.15) is 0 Å². The average Bonchev–Trinajstić information content (AvgIpc) is 1.96. The lowest BCUT2D eigenvalue weighted by Gasteiger charge is -2.28. The highest BCUT2D eigenvalue weighted by molar-refractivity contribution is 5.85. The molecule has 0 aliphatic rings. The van der Waals surface area contributed by atoms with E-state index in [2.05, 4.69) is 0 Å². The molecule has 0 heterocycles. The van der Waals surface area contributed by atoms with Gasteiger partial charge in [-0.15, -0.1) is 12.4 Å². The van der Waals surface area contributed by atoms with E-state index >= 15 is 0 Å². The van der Waals surface area contributed by atoms with Crippen LogP contribution in [0.4, 0.5) is 0 Å². The Balaban J connectivity index is 0. The van der Waals surface area contributed by atoms with Crippen molar-refractivity contribution in [2.24, 2.45) is 22.8 Å². The van der Waals surface area contributed by atoms with E-state index < -0.39 is 23.8 Å². The second kappa shape index (κ2) is 5.92. The third-order valence-electron chi connectivity index (χ3n) is 2.20. The van der Waals surface area contributed by atoms with Crippen LogP contribution in [0.2, 0.25) is 0 Å². The number of amides is 1. The van der Waals surface area contributed by atoms with Crippen molar-refractivity contribution in [2.75, 3.05) is 0 Å². The molecule has 0 aliphatic carbocycles. The Kier molecular flexibility index (Phi) is 6.56. The number of nitrogens with two attached hydrogens (primary N) is 2. The second-order valence-corrected chi connectivity index (χ2v) is 4.50. The largest absolute Gasteiger partial charge is 0.480 e. The normalized spacial score (nSPS) is 14.9. The first-order chi connectivity index (χ1) is 6.16. The summed E-state index contributed by atoms with van der Waals surface area (Å²) in [4.78, 5) is 21.6. The van der Waals surface area contributed by atoms with Crippen LogP contribution < -0.4 is 11.5 Å². The molecule has 1 unspecified atom stereocenters. The Bertz CT molecular complexity index is 238. The Morgan fingerprint density at radius 3 is 1.93 bits per heavy atom. The van der Waals surface area contributed by atoms with Gasteiger partial charge < -0.3 is 16.6 Å². The van der Waals surface area contributed by atoms with E-state index in [1.165, 1.54) is 0 Å². The zero-order valence-electron chi connectivity index (χ0n) is 9.19. The Morgan fingerprint density at radius 1 is 1.33 bits per heavy atom. The highest BCUT2D eigenvalue weighted by atomic mass is 35.5. The molecular formula is C9H19ClN2O3. The average molecular weight is 239 g/mol. The second-order valence-electron chi connectivity index (χ2n) is 4.50. The lowest BCUT2D eigenvalue weighted by molar-refractivity contribution is -0.139. The lowest BCUT2D eigenvalue weighted by atomic mass is 9.77. The number of carboxylic acids is 1. The molecule has 0 aromatic rings. The smallest absolute Gasteiger partial charge is 0.320 e. The Labute approximate surface area is 95.6 Å². The highest BCUT2D eigenvalue weighted by Gasteiger charge is 2.32. The molecule has 0 radical (unpaired) electrons. The SMILES string of the molecule is CC(C)(C)C(C[C@H](N)C(=O)O)C(N)=O.Cl. The van der Waals surface area contributed by atoms with E-state index in [-0.39, 0.29) is 24.2 Å². The summed E-state index contributed by atoms with van der Waals surface area (Å²) >= 11 is 0. The maximum absolute atomic E-state index is 11.1. The molecule has 0 fully saturated rings. The first-order valence-corrected chi connectivity index (χ1v) is 4.44. The standard InChI is InChI=1S/C9H18N2O3.ClH/c1-9(2,3)5(7(11)12)4-6(10)8(13)14;/h5-6H,4,10H2,1-3H3,(H2,11,12)(H,13,14);1H/t5?,6-;/m0./s1. The first-order valence-electron chi connectivity index (χ1n) is 4.44. The van der Waals surface area contributed by atoms with Gasteiger partial charge in [0.15, 0.2) is 0 Å². The summed E-state index contributed by atoms with van der Waals surface area (Å²) in [5.74, 6) is -2.14. The van der Waals surface area contributed by atoms with Crippen LogP contribution in [-0.2, 0) is 9.59 Å². The van der Waals surface area contributed by atoms with Crippen molar-refractivity contribution in [3.8, 4) is 0 Å². The Hall–Kier alpha value is -0.810. The lowest BCUT2D eigenvalue weighted by Crippen LogP contribution is -2.41. The molecule has 0 saturated heterocycles. The Morgan fingerprint density at radius 2 is 1.73 bits per heavy atom. The summed E-state index contributed by atoms with van der Waals surface area (Å²) < 4.78 is 0. The molecule has 6 heteroatoms. The molecular weight excluding hydrogens is 220 g/mol. The van der Waals surface area contributed by atoms with Crippen LogP contribution in [0.15, 0.2) is 0 Å². The fourth-order valence-electron chi connectivity index (χ4n) is 1.25. The van der Waals surface area contributed by atoms with Gasteiger partial charge in [0.25, 0.3) is 0 Å². The predicted octanol–water partition coefficient (Wildman–Crippen LogP) is 0.358. The minimum Gasteiger partial charge on any atom is -0.480 e. The van der Waals surface area contributed by atoms with Crippen molar-refractivity contribution in [3.63, 3.8) is 0 Å². The van der Waals surface area contributed by atoms with Crippen molar-refractivity contribution < 1.29 is 14.7 Å². The van der Waals surface area contributed by atoms with Gasteiger partial charge in [-0.3, -0.25) is 9.59 Å². The molecule has 0 aromatic heterocycles. The molecule has 90 valence electrons. The molecule has 1 amide bonds. The number of carboxylic acid groups (broad SMARTS) is 1. The van der Waals surface area contributed by atoms with Crippen LogP contribution in [0.1, 0.15) is 27.2 Å². The third-order valence-corrected chi connectivity index (χ3v) is 2.20. The van der Waals surface area contributed by atoms with Crippen molar-refractivity contribution in [3.05, 3.63) is 0 Å². The molecule has 0 aliphatic heterocycles. The van der Waals surface area contributed by atoms with Gasteiger partial charge in [-0.25, -0.2) is 0 Å². The van der Waals surface area contributed by atoms with E-state index in [1.54, 1.807) is 0 Å². The van der Waals surface area contributed by atoms with Gasteiger partial charge in [0.2, 0.25) is 5.91 Å². The first kappa shape index (κ1) is 16.6. The molecule has 5 N–H and O–H groups in total. The van der Waals surface area contributed by atoms with E-state index in [1.807, 2.05) is 20.8 Å². The van der Waals surface area contributed by atoms with Gasteiger partial charge in [-0.05, 0) is 11.8 Å². The van der Waals surface area contributed by atoms with E-state index in [0.717, 1.165) is 0 Å². The number of hydrogen-bond donors (Lipinski definition) is 3. The third kappa shape index (κ3) is 5.59. The molecule has 5 nitrogen and oxygen atoms in total. The van der Waals surface area contributed by atoms with Gasteiger partial charge >= 0.3 is 5.97 Å². The maximum Gasteiger partial charge on any atom is 0.320 e. The molecule has 2 atom stereocenters. The van der Waals surface area contributed by atoms with E-state index in [4.69, 9.17) is 16.6 Å². The molecule has 0 spiro atoms. The van der Waals surface area contributed by atoms with Gasteiger partial charge in [0.05, 0.1) is 0 Å². The van der Waals surface area contributed by atoms with Crippen molar-refractivity contribution in [2.45, 2.75) is 33.2 Å². The monoisotopic (exact) mass is 238 g/mol. The zero-order chi connectivity index (χ0) is 11.5. The highest BCUT2D eigenvalue weighted by Crippen LogP contribution is 2.29. The van der Waals surface area contributed by atoms with Crippen molar-refractivity contribution in [1.29, 1.82) is 0 Å². The molecule has 0 rings (SSSR count). The van der Waals surface area contributed by atoms with Gasteiger partial charge in [0, 0.05) is 5.92 Å². The topological polar surface area (TPSA) is 106 Å². The van der Waals surface area contributed by atoms with Crippen LogP contribution >= 0.6 is 12.4 Å². The zero-order valence-corrected chi connectivity index (χ0v) is 10.0.